The Labute approximate surface area is 141 Å². The molecule has 1 aromatic carbocycles. The highest BCUT2D eigenvalue weighted by atomic mass is 19.1. The van der Waals surface area contributed by atoms with Crippen molar-refractivity contribution in [1.29, 1.82) is 0 Å². The molecule has 0 saturated carbocycles. The Bertz CT molecular complexity index is 784. The van der Waals surface area contributed by atoms with E-state index < -0.39 is 5.82 Å². The molecule has 0 aliphatic carbocycles. The third-order valence-corrected chi connectivity index (χ3v) is 4.88. The predicted octanol–water partition coefficient (Wildman–Crippen LogP) is 2.51. The first-order valence-electron chi connectivity index (χ1n) is 8.31. The summed E-state index contributed by atoms with van der Waals surface area (Å²) in [6, 6.07) is 2.56. The fraction of sp³-hybridized carbons (Fsp3) is 0.500. The summed E-state index contributed by atoms with van der Waals surface area (Å²) in [4.78, 5) is 21.4. The van der Waals surface area contributed by atoms with Gasteiger partial charge in [-0.15, -0.1) is 0 Å². The summed E-state index contributed by atoms with van der Waals surface area (Å²) in [7, 11) is 0. The van der Waals surface area contributed by atoms with E-state index in [0.29, 0.717) is 17.6 Å². The number of aryl methyl sites for hydroxylation is 2. The van der Waals surface area contributed by atoms with Gasteiger partial charge in [0.15, 0.2) is 0 Å². The Balaban J connectivity index is 1.87. The van der Waals surface area contributed by atoms with Gasteiger partial charge in [0.1, 0.15) is 11.3 Å². The molecule has 3 rings (SSSR count). The topological polar surface area (TPSA) is 66.9 Å². The molecule has 5 nitrogen and oxygen atoms in total. The van der Waals surface area contributed by atoms with Gasteiger partial charge in [0, 0.05) is 12.6 Å². The second-order valence-corrected chi connectivity index (χ2v) is 6.96. The van der Waals surface area contributed by atoms with Crippen molar-refractivity contribution in [3.05, 3.63) is 34.9 Å². The number of fused-ring (bicyclic) bond motifs is 1. The predicted molar refractivity (Wildman–Crippen MR) is 91.5 cm³/mol. The minimum atomic E-state index is -0.474. The van der Waals surface area contributed by atoms with Gasteiger partial charge in [0.25, 0.3) is 5.91 Å². The number of hydrogen-bond acceptors (Lipinski definition) is 4. The average Bonchev–Trinajstić information content (AvgIpc) is 2.54. The SMILES string of the molecule is Cc1nc2cc(F)cc(C(=O)NCC3(C)CCNCC3)c2nc1C. The van der Waals surface area contributed by atoms with E-state index in [1.54, 1.807) is 0 Å². The lowest BCUT2D eigenvalue weighted by Crippen LogP contribution is -2.43. The van der Waals surface area contributed by atoms with E-state index in [-0.39, 0.29) is 16.9 Å². The van der Waals surface area contributed by atoms with E-state index in [2.05, 4.69) is 27.5 Å². The highest BCUT2D eigenvalue weighted by molar-refractivity contribution is 6.04. The van der Waals surface area contributed by atoms with Gasteiger partial charge in [-0.1, -0.05) is 6.92 Å². The Morgan fingerprint density at radius 2 is 1.92 bits per heavy atom. The largest absolute Gasteiger partial charge is 0.351 e. The zero-order valence-corrected chi connectivity index (χ0v) is 14.4. The molecule has 24 heavy (non-hydrogen) atoms. The Morgan fingerprint density at radius 3 is 2.62 bits per heavy atom. The van der Waals surface area contributed by atoms with Crippen molar-refractivity contribution in [3.63, 3.8) is 0 Å². The standard InChI is InChI=1S/C18H23FN4O/c1-11-12(2)23-16-14(8-13(19)9-15(16)22-11)17(24)21-10-18(3)4-6-20-7-5-18/h8-9,20H,4-7,10H2,1-3H3,(H,21,24). The van der Waals surface area contributed by atoms with E-state index in [0.717, 1.165) is 37.3 Å². The van der Waals surface area contributed by atoms with Gasteiger partial charge in [-0.3, -0.25) is 4.79 Å². The van der Waals surface area contributed by atoms with Crippen molar-refractivity contribution in [1.82, 2.24) is 20.6 Å². The van der Waals surface area contributed by atoms with E-state index in [4.69, 9.17) is 0 Å². The summed E-state index contributed by atoms with van der Waals surface area (Å²) in [6.45, 7) is 8.32. The third kappa shape index (κ3) is 3.38. The molecule has 0 radical (unpaired) electrons. The molecular formula is C18H23FN4O. The number of nitrogens with zero attached hydrogens (tertiary/aromatic N) is 2. The van der Waals surface area contributed by atoms with Gasteiger partial charge < -0.3 is 10.6 Å². The fourth-order valence-electron chi connectivity index (χ4n) is 3.07. The van der Waals surface area contributed by atoms with E-state index in [9.17, 15) is 9.18 Å². The number of amides is 1. The van der Waals surface area contributed by atoms with Crippen molar-refractivity contribution in [3.8, 4) is 0 Å². The number of nitrogens with one attached hydrogen (secondary N) is 2. The molecule has 2 N–H and O–H groups in total. The van der Waals surface area contributed by atoms with Crippen molar-refractivity contribution in [2.24, 2.45) is 5.41 Å². The maximum absolute atomic E-state index is 13.9. The van der Waals surface area contributed by atoms with Crippen LogP contribution in [0.5, 0.6) is 0 Å². The molecular weight excluding hydrogens is 307 g/mol. The van der Waals surface area contributed by atoms with Crippen LogP contribution in [0.3, 0.4) is 0 Å². The molecule has 0 atom stereocenters. The Morgan fingerprint density at radius 1 is 1.25 bits per heavy atom. The lowest BCUT2D eigenvalue weighted by molar-refractivity contribution is 0.0923. The number of benzene rings is 1. The zero-order chi connectivity index (χ0) is 17.3. The molecule has 1 aliphatic heterocycles. The molecule has 6 heteroatoms. The molecule has 0 unspecified atom stereocenters. The lowest BCUT2D eigenvalue weighted by Gasteiger charge is -2.34. The van der Waals surface area contributed by atoms with Crippen LogP contribution in [0.2, 0.25) is 0 Å². The molecule has 1 fully saturated rings. The minimum absolute atomic E-state index is 0.0716. The molecule has 1 aromatic heterocycles. The van der Waals surface area contributed by atoms with Gasteiger partial charge in [0.2, 0.25) is 0 Å². The normalized spacial score (nSPS) is 17.0. The van der Waals surface area contributed by atoms with Gasteiger partial charge >= 0.3 is 0 Å². The minimum Gasteiger partial charge on any atom is -0.351 e. The first kappa shape index (κ1) is 16.8. The number of hydrogen-bond donors (Lipinski definition) is 2. The molecule has 2 heterocycles. The molecule has 2 aromatic rings. The highest BCUT2D eigenvalue weighted by Gasteiger charge is 2.27. The molecule has 1 saturated heterocycles. The second-order valence-electron chi connectivity index (χ2n) is 6.96. The quantitative estimate of drug-likeness (QED) is 0.907. The number of rotatable bonds is 3. The van der Waals surface area contributed by atoms with Gasteiger partial charge in [-0.25, -0.2) is 14.4 Å². The van der Waals surface area contributed by atoms with Crippen LogP contribution < -0.4 is 10.6 Å². The van der Waals surface area contributed by atoms with Crippen molar-refractivity contribution >= 4 is 16.9 Å². The van der Waals surface area contributed by atoms with Crippen LogP contribution in [0, 0.1) is 25.1 Å². The van der Waals surface area contributed by atoms with E-state index in [1.807, 2.05) is 13.8 Å². The summed E-state index contributed by atoms with van der Waals surface area (Å²) in [5.41, 5.74) is 2.67. The monoisotopic (exact) mass is 330 g/mol. The third-order valence-electron chi connectivity index (χ3n) is 4.88. The maximum atomic E-state index is 13.9. The lowest BCUT2D eigenvalue weighted by atomic mass is 9.81. The number of aromatic nitrogens is 2. The van der Waals surface area contributed by atoms with Crippen molar-refractivity contribution < 1.29 is 9.18 Å². The van der Waals surface area contributed by atoms with Crippen LogP contribution in [0.1, 0.15) is 41.5 Å². The zero-order valence-electron chi connectivity index (χ0n) is 14.4. The van der Waals surface area contributed by atoms with Crippen LogP contribution in [0.15, 0.2) is 12.1 Å². The maximum Gasteiger partial charge on any atom is 0.253 e. The van der Waals surface area contributed by atoms with Gasteiger partial charge in [-0.05, 0) is 51.3 Å². The second kappa shape index (κ2) is 6.43. The highest BCUT2D eigenvalue weighted by Crippen LogP contribution is 2.27. The van der Waals surface area contributed by atoms with Gasteiger partial charge in [-0.2, -0.15) is 0 Å². The number of piperidine rings is 1. The summed E-state index contributed by atoms with van der Waals surface area (Å²) < 4.78 is 13.9. The molecule has 1 aliphatic rings. The first-order chi connectivity index (χ1) is 11.4. The number of carbonyl (C=O) groups excluding carboxylic acids is 1. The summed E-state index contributed by atoms with van der Waals surface area (Å²) in [5, 5.41) is 6.28. The Kier molecular flexibility index (Phi) is 4.49. The van der Waals surface area contributed by atoms with Gasteiger partial charge in [0.05, 0.1) is 22.5 Å². The smallest absolute Gasteiger partial charge is 0.253 e. The molecule has 128 valence electrons. The number of carbonyl (C=O) groups is 1. The summed E-state index contributed by atoms with van der Waals surface area (Å²) >= 11 is 0. The summed E-state index contributed by atoms with van der Waals surface area (Å²) in [5.74, 6) is -0.768. The van der Waals surface area contributed by atoms with E-state index >= 15 is 0 Å². The fourth-order valence-corrected chi connectivity index (χ4v) is 3.07. The van der Waals surface area contributed by atoms with Crippen LogP contribution >= 0.6 is 0 Å². The van der Waals surface area contributed by atoms with Crippen molar-refractivity contribution in [2.75, 3.05) is 19.6 Å². The molecule has 1 amide bonds. The van der Waals surface area contributed by atoms with E-state index in [1.165, 1.54) is 12.1 Å². The number of halogens is 1. The molecule has 0 bridgehead atoms. The Hall–Kier alpha value is -2.08. The van der Waals surface area contributed by atoms with Crippen LogP contribution in [-0.2, 0) is 0 Å². The van der Waals surface area contributed by atoms with Crippen molar-refractivity contribution in [2.45, 2.75) is 33.6 Å². The van der Waals surface area contributed by atoms with Crippen LogP contribution in [0.4, 0.5) is 4.39 Å². The van der Waals surface area contributed by atoms with Crippen LogP contribution in [-0.4, -0.2) is 35.5 Å². The molecule has 0 spiro atoms. The first-order valence-corrected chi connectivity index (χ1v) is 8.31. The van der Waals surface area contributed by atoms with Crippen LogP contribution in [0.25, 0.3) is 11.0 Å². The summed E-state index contributed by atoms with van der Waals surface area (Å²) in [6.07, 6.45) is 2.02. The average molecular weight is 330 g/mol.